The molecule has 0 unspecified atom stereocenters. The third kappa shape index (κ3) is 3.49. The fourth-order valence-electron chi connectivity index (χ4n) is 8.53. The van der Waals surface area contributed by atoms with Gasteiger partial charge in [-0.15, -0.1) is 0 Å². The Morgan fingerprint density at radius 3 is 2.60 bits per heavy atom. The minimum atomic E-state index is 0.139. The normalized spacial score (nSPS) is 41.9. The molecule has 0 heterocycles. The number of ketones is 1. The van der Waals surface area contributed by atoms with Gasteiger partial charge in [-0.1, -0.05) is 57.9 Å². The molecule has 1 heteroatoms. The molecule has 7 atom stereocenters. The van der Waals surface area contributed by atoms with Crippen molar-refractivity contribution in [2.45, 2.75) is 92.9 Å². The van der Waals surface area contributed by atoms with Gasteiger partial charge in [0.15, 0.2) is 5.78 Å². The maximum absolute atomic E-state index is 12.0. The average molecular weight is 409 g/mol. The van der Waals surface area contributed by atoms with Crippen LogP contribution in [0.3, 0.4) is 0 Å². The van der Waals surface area contributed by atoms with Crippen LogP contribution in [0.1, 0.15) is 92.9 Å². The molecule has 0 spiro atoms. The number of carbonyl (C=O) groups is 1. The first-order chi connectivity index (χ1) is 14.2. The zero-order chi connectivity index (χ0) is 21.7. The van der Waals surface area contributed by atoms with Crippen molar-refractivity contribution in [3.05, 3.63) is 35.5 Å². The summed E-state index contributed by atoms with van der Waals surface area (Å²) in [6.07, 6.45) is 19.2. The van der Waals surface area contributed by atoms with Crippen molar-refractivity contribution in [3.63, 3.8) is 0 Å². The van der Waals surface area contributed by atoms with Crippen LogP contribution in [0.25, 0.3) is 0 Å². The van der Waals surface area contributed by atoms with E-state index >= 15 is 0 Å². The van der Waals surface area contributed by atoms with Crippen molar-refractivity contribution >= 4 is 5.78 Å². The molecule has 0 bridgehead atoms. The fourth-order valence-corrected chi connectivity index (χ4v) is 8.53. The van der Waals surface area contributed by atoms with E-state index in [1.807, 2.05) is 12.2 Å². The summed E-state index contributed by atoms with van der Waals surface area (Å²) in [4.78, 5) is 12.0. The number of allylic oxidation sites excluding steroid dienone is 6. The summed E-state index contributed by atoms with van der Waals surface area (Å²) in [5.74, 6) is 5.09. The van der Waals surface area contributed by atoms with Crippen molar-refractivity contribution in [3.8, 4) is 0 Å². The third-order valence-electron chi connectivity index (χ3n) is 10.3. The molecule has 30 heavy (non-hydrogen) atoms. The van der Waals surface area contributed by atoms with E-state index in [9.17, 15) is 4.79 Å². The van der Waals surface area contributed by atoms with Crippen LogP contribution >= 0.6 is 0 Å². The van der Waals surface area contributed by atoms with Crippen LogP contribution in [0.5, 0.6) is 0 Å². The van der Waals surface area contributed by atoms with Gasteiger partial charge in [-0.05, 0) is 111 Å². The van der Waals surface area contributed by atoms with Gasteiger partial charge in [0, 0.05) is 5.41 Å². The van der Waals surface area contributed by atoms with Gasteiger partial charge in [-0.25, -0.2) is 0 Å². The van der Waals surface area contributed by atoms with E-state index in [4.69, 9.17) is 0 Å². The summed E-state index contributed by atoms with van der Waals surface area (Å²) in [6, 6.07) is 0. The van der Waals surface area contributed by atoms with Crippen LogP contribution in [-0.2, 0) is 4.79 Å². The predicted molar refractivity (Wildman–Crippen MR) is 127 cm³/mol. The number of fused-ring (bicyclic) bond motifs is 5. The Morgan fingerprint density at radius 2 is 1.90 bits per heavy atom. The molecular formula is C29H44O. The predicted octanol–water partition coefficient (Wildman–Crippen LogP) is 7.93. The quantitative estimate of drug-likeness (QED) is 0.422. The van der Waals surface area contributed by atoms with Gasteiger partial charge in [-0.3, -0.25) is 4.79 Å². The van der Waals surface area contributed by atoms with Crippen LogP contribution in [-0.4, -0.2) is 5.78 Å². The molecule has 0 amide bonds. The molecule has 0 aromatic heterocycles. The van der Waals surface area contributed by atoms with E-state index in [1.54, 1.807) is 5.57 Å². The SMILES string of the molecule is C/C=C(/CC[C@@H](C)[C@H]1CC[C@H]2[C@@H]3CCC4=CC(=O)C=C[C@]4(C)[C@H]3CC[C@]12C)C(C)C. The number of hydrogen-bond acceptors (Lipinski definition) is 1. The topological polar surface area (TPSA) is 17.1 Å². The first-order valence-corrected chi connectivity index (χ1v) is 12.8. The number of rotatable bonds is 5. The zero-order valence-corrected chi connectivity index (χ0v) is 20.3. The lowest BCUT2D eigenvalue weighted by Crippen LogP contribution is -2.50. The second-order valence-corrected chi connectivity index (χ2v) is 11.9. The molecule has 1 nitrogen and oxygen atoms in total. The van der Waals surface area contributed by atoms with Gasteiger partial charge in [0.2, 0.25) is 0 Å². The van der Waals surface area contributed by atoms with Gasteiger partial charge in [0.05, 0.1) is 0 Å². The van der Waals surface area contributed by atoms with E-state index in [0.29, 0.717) is 11.3 Å². The Labute approximate surface area is 185 Å². The van der Waals surface area contributed by atoms with E-state index < -0.39 is 0 Å². The minimum absolute atomic E-state index is 0.139. The van der Waals surface area contributed by atoms with E-state index in [2.05, 4.69) is 53.7 Å². The fraction of sp³-hybridized carbons (Fsp3) is 0.759. The highest BCUT2D eigenvalue weighted by Gasteiger charge is 2.58. The lowest BCUT2D eigenvalue weighted by molar-refractivity contribution is -0.111. The molecule has 0 aromatic rings. The van der Waals surface area contributed by atoms with E-state index in [-0.39, 0.29) is 11.2 Å². The molecule has 3 fully saturated rings. The van der Waals surface area contributed by atoms with E-state index in [1.165, 1.54) is 50.5 Å². The Balaban J connectivity index is 1.50. The zero-order valence-electron chi connectivity index (χ0n) is 20.3. The molecule has 0 saturated heterocycles. The standard InChI is InChI=1S/C29H44O/c1-7-21(19(2)3)9-8-20(4)25-12-13-26-24-11-10-22-18-23(30)14-16-28(22,5)27(24)15-17-29(25,26)6/h7,14,16,18-20,24-27H,8-13,15,17H2,1-6H3/b21-7-/t20-,24+,25-,26+,27+,28+,29-/m1/s1. The lowest BCUT2D eigenvalue weighted by Gasteiger charge is -2.57. The van der Waals surface area contributed by atoms with Gasteiger partial charge in [0.25, 0.3) is 0 Å². The van der Waals surface area contributed by atoms with Crippen molar-refractivity contribution in [1.82, 2.24) is 0 Å². The Hall–Kier alpha value is -1.11. The van der Waals surface area contributed by atoms with Crippen LogP contribution < -0.4 is 0 Å². The third-order valence-corrected chi connectivity index (χ3v) is 10.3. The van der Waals surface area contributed by atoms with Gasteiger partial charge >= 0.3 is 0 Å². The average Bonchev–Trinajstić information content (AvgIpc) is 3.06. The molecule has 166 valence electrons. The molecule has 4 aliphatic carbocycles. The van der Waals surface area contributed by atoms with E-state index in [0.717, 1.165) is 36.0 Å². The summed E-state index contributed by atoms with van der Waals surface area (Å²) in [5.41, 5.74) is 3.74. The highest BCUT2D eigenvalue weighted by atomic mass is 16.1. The summed E-state index contributed by atoms with van der Waals surface area (Å²) in [6.45, 7) is 14.5. The van der Waals surface area contributed by atoms with Gasteiger partial charge in [0.1, 0.15) is 0 Å². The molecule has 0 N–H and O–H groups in total. The van der Waals surface area contributed by atoms with Crippen molar-refractivity contribution in [2.24, 2.45) is 46.3 Å². The van der Waals surface area contributed by atoms with Crippen LogP contribution in [0.4, 0.5) is 0 Å². The smallest absolute Gasteiger partial charge is 0.178 e. The van der Waals surface area contributed by atoms with Crippen molar-refractivity contribution in [1.29, 1.82) is 0 Å². The largest absolute Gasteiger partial charge is 0.290 e. The lowest BCUT2D eigenvalue weighted by atomic mass is 9.47. The van der Waals surface area contributed by atoms with Crippen LogP contribution in [0.2, 0.25) is 0 Å². The summed E-state index contributed by atoms with van der Waals surface area (Å²) in [7, 11) is 0. The highest BCUT2D eigenvalue weighted by molar-refractivity contribution is 6.01. The maximum atomic E-state index is 12.0. The number of hydrogen-bond donors (Lipinski definition) is 0. The summed E-state index contributed by atoms with van der Waals surface area (Å²) < 4.78 is 0. The molecule has 0 radical (unpaired) electrons. The van der Waals surface area contributed by atoms with Gasteiger partial charge < -0.3 is 0 Å². The van der Waals surface area contributed by atoms with Crippen molar-refractivity contribution in [2.75, 3.05) is 0 Å². The first-order valence-electron chi connectivity index (χ1n) is 12.8. The molecule has 3 saturated carbocycles. The number of carbonyl (C=O) groups excluding carboxylic acids is 1. The molecular weight excluding hydrogens is 364 g/mol. The summed E-state index contributed by atoms with van der Waals surface area (Å²) >= 11 is 0. The molecule has 0 aliphatic heterocycles. The second kappa shape index (κ2) is 8.10. The van der Waals surface area contributed by atoms with Gasteiger partial charge in [-0.2, -0.15) is 0 Å². The van der Waals surface area contributed by atoms with Crippen LogP contribution in [0, 0.1) is 46.3 Å². The monoisotopic (exact) mass is 408 g/mol. The first kappa shape index (κ1) is 22.1. The molecule has 4 rings (SSSR count). The Morgan fingerprint density at radius 1 is 1.13 bits per heavy atom. The molecule has 4 aliphatic rings. The highest BCUT2D eigenvalue weighted by Crippen LogP contribution is 2.67. The summed E-state index contributed by atoms with van der Waals surface area (Å²) in [5, 5.41) is 0. The maximum Gasteiger partial charge on any atom is 0.178 e. The minimum Gasteiger partial charge on any atom is -0.290 e. The second-order valence-electron chi connectivity index (χ2n) is 11.9. The Kier molecular flexibility index (Phi) is 5.97. The Bertz CT molecular complexity index is 767. The van der Waals surface area contributed by atoms with Crippen LogP contribution in [0.15, 0.2) is 35.5 Å². The van der Waals surface area contributed by atoms with Crippen molar-refractivity contribution < 1.29 is 4.79 Å². The molecule has 0 aromatic carbocycles.